The lowest BCUT2D eigenvalue weighted by molar-refractivity contribution is -0.136. The smallest absolute Gasteiger partial charge is 0.281 e. The summed E-state index contributed by atoms with van der Waals surface area (Å²) in [5.41, 5.74) is 2.32. The van der Waals surface area contributed by atoms with Crippen LogP contribution in [-0.2, 0) is 10.4 Å². The van der Waals surface area contributed by atoms with Gasteiger partial charge in [-0.05, 0) is 28.8 Å². The number of carbonyl (C=O) groups is 1. The van der Waals surface area contributed by atoms with E-state index in [1.807, 2.05) is 12.1 Å². The number of aromatic nitrogens is 1. The topological polar surface area (TPSA) is 74.6 Å². The maximum Gasteiger partial charge on any atom is 0.281 e. The second-order valence-corrected chi connectivity index (χ2v) is 5.42. The van der Waals surface area contributed by atoms with Gasteiger partial charge in [-0.2, -0.15) is 5.10 Å². The summed E-state index contributed by atoms with van der Waals surface area (Å²) in [6, 6.07) is 21.1. The molecular formula is C20H17N3O2. The number of amides is 1. The Morgan fingerprint density at radius 3 is 1.96 bits per heavy atom. The van der Waals surface area contributed by atoms with Crippen LogP contribution in [0.5, 0.6) is 0 Å². The Labute approximate surface area is 145 Å². The SMILES string of the molecule is O=C(N/N=C/c1ccncc1)C(O)(c1ccccc1)c1ccccc1. The van der Waals surface area contributed by atoms with E-state index in [0.717, 1.165) is 5.56 Å². The van der Waals surface area contributed by atoms with Crippen LogP contribution in [0.3, 0.4) is 0 Å². The van der Waals surface area contributed by atoms with Crippen molar-refractivity contribution >= 4 is 12.1 Å². The zero-order valence-corrected chi connectivity index (χ0v) is 13.4. The van der Waals surface area contributed by atoms with E-state index in [1.54, 1.807) is 73.1 Å². The Kier molecular flexibility index (Phi) is 4.97. The Bertz CT molecular complexity index is 810. The van der Waals surface area contributed by atoms with Crippen LogP contribution < -0.4 is 5.43 Å². The van der Waals surface area contributed by atoms with Crippen LogP contribution >= 0.6 is 0 Å². The minimum absolute atomic E-state index is 0.470. The van der Waals surface area contributed by atoms with Crippen LogP contribution in [0, 0.1) is 0 Å². The van der Waals surface area contributed by atoms with Gasteiger partial charge in [-0.3, -0.25) is 9.78 Å². The first-order valence-electron chi connectivity index (χ1n) is 7.78. The molecule has 0 radical (unpaired) electrons. The van der Waals surface area contributed by atoms with Gasteiger partial charge in [-0.15, -0.1) is 0 Å². The first-order chi connectivity index (χ1) is 12.2. The molecule has 1 amide bonds. The van der Waals surface area contributed by atoms with E-state index in [0.29, 0.717) is 11.1 Å². The summed E-state index contributed by atoms with van der Waals surface area (Å²) in [5, 5.41) is 15.2. The fraction of sp³-hybridized carbons (Fsp3) is 0.0500. The van der Waals surface area contributed by atoms with Gasteiger partial charge in [0, 0.05) is 12.4 Å². The largest absolute Gasteiger partial charge is 0.372 e. The van der Waals surface area contributed by atoms with Crippen molar-refractivity contribution in [1.82, 2.24) is 10.4 Å². The highest BCUT2D eigenvalue weighted by atomic mass is 16.3. The Morgan fingerprint density at radius 2 is 1.44 bits per heavy atom. The summed E-state index contributed by atoms with van der Waals surface area (Å²) in [4.78, 5) is 16.7. The van der Waals surface area contributed by atoms with Crippen LogP contribution in [0.2, 0.25) is 0 Å². The zero-order chi connectivity index (χ0) is 17.5. The summed E-state index contributed by atoms with van der Waals surface area (Å²) in [6.45, 7) is 0. The molecule has 124 valence electrons. The van der Waals surface area contributed by atoms with Crippen LogP contribution in [0.4, 0.5) is 0 Å². The molecule has 5 nitrogen and oxygen atoms in total. The van der Waals surface area contributed by atoms with Gasteiger partial charge in [0.1, 0.15) is 0 Å². The van der Waals surface area contributed by atoms with Crippen molar-refractivity contribution in [1.29, 1.82) is 0 Å². The summed E-state index contributed by atoms with van der Waals surface area (Å²) in [7, 11) is 0. The van der Waals surface area contributed by atoms with Crippen molar-refractivity contribution in [3.63, 3.8) is 0 Å². The summed E-state index contributed by atoms with van der Waals surface area (Å²) >= 11 is 0. The number of pyridine rings is 1. The molecule has 0 unspecified atom stereocenters. The number of hydrogen-bond acceptors (Lipinski definition) is 4. The molecular weight excluding hydrogens is 314 g/mol. The van der Waals surface area contributed by atoms with Gasteiger partial charge in [0.2, 0.25) is 0 Å². The molecule has 5 heteroatoms. The van der Waals surface area contributed by atoms with Gasteiger partial charge in [0.05, 0.1) is 6.21 Å². The van der Waals surface area contributed by atoms with Crippen molar-refractivity contribution < 1.29 is 9.90 Å². The molecule has 0 aliphatic heterocycles. The number of benzene rings is 2. The summed E-state index contributed by atoms with van der Waals surface area (Å²) in [5.74, 6) is -0.629. The van der Waals surface area contributed by atoms with Crippen molar-refractivity contribution in [2.75, 3.05) is 0 Å². The average molecular weight is 331 g/mol. The molecule has 0 atom stereocenters. The number of nitrogens with one attached hydrogen (secondary N) is 1. The van der Waals surface area contributed by atoms with Crippen molar-refractivity contribution in [3.05, 3.63) is 102 Å². The first kappa shape index (κ1) is 16.5. The Hall–Kier alpha value is -3.31. The summed E-state index contributed by atoms with van der Waals surface area (Å²) in [6.07, 6.45) is 4.76. The number of nitrogens with zero attached hydrogens (tertiary/aromatic N) is 2. The molecule has 3 rings (SSSR count). The number of carbonyl (C=O) groups excluding carboxylic acids is 1. The van der Waals surface area contributed by atoms with Crippen LogP contribution in [0.15, 0.2) is 90.3 Å². The Morgan fingerprint density at radius 1 is 0.920 bits per heavy atom. The minimum atomic E-state index is -1.84. The second-order valence-electron chi connectivity index (χ2n) is 5.42. The highest BCUT2D eigenvalue weighted by molar-refractivity contribution is 5.91. The fourth-order valence-corrected chi connectivity index (χ4v) is 2.48. The molecule has 0 aliphatic rings. The number of rotatable bonds is 5. The fourth-order valence-electron chi connectivity index (χ4n) is 2.48. The van der Waals surface area contributed by atoms with Crippen molar-refractivity contribution in [3.8, 4) is 0 Å². The quantitative estimate of drug-likeness (QED) is 0.557. The summed E-state index contributed by atoms with van der Waals surface area (Å²) < 4.78 is 0. The molecule has 0 saturated carbocycles. The monoisotopic (exact) mass is 331 g/mol. The molecule has 25 heavy (non-hydrogen) atoms. The lowest BCUT2D eigenvalue weighted by Gasteiger charge is -2.27. The van der Waals surface area contributed by atoms with Crippen LogP contribution in [0.1, 0.15) is 16.7 Å². The highest BCUT2D eigenvalue weighted by Gasteiger charge is 2.39. The molecule has 0 spiro atoms. The minimum Gasteiger partial charge on any atom is -0.372 e. The van der Waals surface area contributed by atoms with E-state index in [-0.39, 0.29) is 0 Å². The van der Waals surface area contributed by atoms with Crippen LogP contribution in [0.25, 0.3) is 0 Å². The normalized spacial score (nSPS) is 11.4. The third kappa shape index (κ3) is 3.62. The van der Waals surface area contributed by atoms with E-state index < -0.39 is 11.5 Å². The standard InChI is InChI=1S/C20H17N3O2/c24-19(23-22-15-16-11-13-21-14-12-16)20(25,17-7-3-1-4-8-17)18-9-5-2-6-10-18/h1-15,25H,(H,23,24)/b22-15+. The third-order valence-corrected chi connectivity index (χ3v) is 3.80. The van der Waals surface area contributed by atoms with Gasteiger partial charge in [-0.1, -0.05) is 60.7 Å². The van der Waals surface area contributed by atoms with Crippen LogP contribution in [-0.4, -0.2) is 22.2 Å². The second kappa shape index (κ2) is 7.51. The Balaban J connectivity index is 1.90. The van der Waals surface area contributed by atoms with E-state index in [4.69, 9.17) is 0 Å². The lowest BCUT2D eigenvalue weighted by atomic mass is 9.85. The number of hydrazone groups is 1. The maximum absolute atomic E-state index is 12.8. The van der Waals surface area contributed by atoms with Gasteiger partial charge in [-0.25, -0.2) is 5.43 Å². The molecule has 1 heterocycles. The molecule has 0 bridgehead atoms. The highest BCUT2D eigenvalue weighted by Crippen LogP contribution is 2.29. The predicted molar refractivity (Wildman–Crippen MR) is 95.9 cm³/mol. The molecule has 0 saturated heterocycles. The maximum atomic E-state index is 12.8. The molecule has 1 aromatic heterocycles. The van der Waals surface area contributed by atoms with Crippen molar-refractivity contribution in [2.24, 2.45) is 5.10 Å². The lowest BCUT2D eigenvalue weighted by Crippen LogP contribution is -2.43. The number of aliphatic hydroxyl groups is 1. The molecule has 3 aromatic rings. The zero-order valence-electron chi connectivity index (χ0n) is 13.4. The van der Waals surface area contributed by atoms with Gasteiger partial charge in [0.15, 0.2) is 5.60 Å². The first-order valence-corrected chi connectivity index (χ1v) is 7.78. The van der Waals surface area contributed by atoms with E-state index in [2.05, 4.69) is 15.5 Å². The van der Waals surface area contributed by atoms with Gasteiger partial charge >= 0.3 is 0 Å². The number of hydrogen-bond donors (Lipinski definition) is 2. The molecule has 2 aromatic carbocycles. The average Bonchev–Trinajstić information content (AvgIpc) is 2.69. The van der Waals surface area contributed by atoms with Crippen molar-refractivity contribution in [2.45, 2.75) is 5.60 Å². The molecule has 0 aliphatic carbocycles. The van der Waals surface area contributed by atoms with E-state index in [1.165, 1.54) is 6.21 Å². The van der Waals surface area contributed by atoms with E-state index in [9.17, 15) is 9.90 Å². The predicted octanol–water partition coefficient (Wildman–Crippen LogP) is 2.47. The molecule has 0 fully saturated rings. The molecule has 2 N–H and O–H groups in total. The van der Waals surface area contributed by atoms with E-state index >= 15 is 0 Å². The third-order valence-electron chi connectivity index (χ3n) is 3.80. The van der Waals surface area contributed by atoms with Gasteiger partial charge in [0.25, 0.3) is 5.91 Å². The van der Waals surface area contributed by atoms with Gasteiger partial charge < -0.3 is 5.11 Å².